The third kappa shape index (κ3) is 7.32. The Bertz CT molecular complexity index is 1490. The van der Waals surface area contributed by atoms with Crippen molar-refractivity contribution in [3.8, 4) is 17.2 Å². The van der Waals surface area contributed by atoms with Crippen molar-refractivity contribution in [1.29, 1.82) is 0 Å². The monoisotopic (exact) mass is 574 g/mol. The number of ether oxygens (including phenoxy) is 3. The highest BCUT2D eigenvalue weighted by molar-refractivity contribution is 6.08. The largest absolute Gasteiger partial charge is 0.493 e. The number of fused-ring (bicyclic) bond motifs is 1. The van der Waals surface area contributed by atoms with Crippen molar-refractivity contribution in [1.82, 2.24) is 20.5 Å². The Kier molecular flexibility index (Phi) is 9.93. The molecular weight excluding hydrogens is 539 g/mol. The van der Waals surface area contributed by atoms with Crippen LogP contribution in [-0.2, 0) is 11.3 Å². The summed E-state index contributed by atoms with van der Waals surface area (Å²) in [5, 5.41) is 5.62. The molecule has 0 saturated heterocycles. The molecule has 0 aliphatic heterocycles. The first-order chi connectivity index (χ1) is 20.2. The van der Waals surface area contributed by atoms with Crippen LogP contribution >= 0.6 is 0 Å². The molecule has 9 nitrogen and oxygen atoms in total. The van der Waals surface area contributed by atoms with Gasteiger partial charge in [-0.25, -0.2) is 9.18 Å². The fraction of sp³-hybridized carbons (Fsp3) is 0.281. The molecule has 0 bridgehead atoms. The van der Waals surface area contributed by atoms with E-state index in [-0.39, 0.29) is 23.9 Å². The first-order valence-electron chi connectivity index (χ1n) is 13.4. The van der Waals surface area contributed by atoms with Gasteiger partial charge in [0, 0.05) is 32.0 Å². The second-order valence-corrected chi connectivity index (χ2v) is 10.0. The Morgan fingerprint density at radius 3 is 2.40 bits per heavy atom. The first kappa shape index (κ1) is 30.3. The molecule has 42 heavy (non-hydrogen) atoms. The normalized spacial score (nSPS) is 13.3. The number of hydrogen-bond acceptors (Lipinski definition) is 7. The summed E-state index contributed by atoms with van der Waals surface area (Å²) in [4.78, 5) is 31.3. The number of allylic oxidation sites excluding steroid dienone is 2. The number of rotatable bonds is 11. The molecular formula is C32H35FN4O5. The fourth-order valence-electron chi connectivity index (χ4n) is 4.67. The van der Waals surface area contributed by atoms with Gasteiger partial charge in [-0.2, -0.15) is 0 Å². The number of carbonyl (C=O) groups excluding carboxylic acids is 2. The average Bonchev–Trinajstić information content (AvgIpc) is 3.21. The van der Waals surface area contributed by atoms with E-state index in [2.05, 4.69) is 15.6 Å². The first-order valence-corrected chi connectivity index (χ1v) is 13.4. The summed E-state index contributed by atoms with van der Waals surface area (Å²) < 4.78 is 31.0. The highest BCUT2D eigenvalue weighted by Crippen LogP contribution is 2.45. The maximum atomic E-state index is 14.4. The Balaban J connectivity index is 1.62. The highest BCUT2D eigenvalue weighted by Gasteiger charge is 2.26. The van der Waals surface area contributed by atoms with Crippen LogP contribution in [0, 0.1) is 5.82 Å². The third-order valence-electron chi connectivity index (χ3n) is 6.82. The van der Waals surface area contributed by atoms with Gasteiger partial charge in [0.05, 0.1) is 20.6 Å². The smallest absolute Gasteiger partial charge is 0.412 e. The Morgan fingerprint density at radius 2 is 1.76 bits per heavy atom. The molecule has 1 heterocycles. The lowest BCUT2D eigenvalue weighted by Gasteiger charge is -2.16. The predicted octanol–water partition coefficient (Wildman–Crippen LogP) is 4.92. The zero-order chi connectivity index (χ0) is 30.2. The molecule has 220 valence electrons. The van der Waals surface area contributed by atoms with Gasteiger partial charge in [-0.3, -0.25) is 9.78 Å². The average molecular weight is 575 g/mol. The number of methoxy groups -OCH3 is 2. The van der Waals surface area contributed by atoms with Crippen LogP contribution in [0.2, 0.25) is 0 Å². The van der Waals surface area contributed by atoms with E-state index in [4.69, 9.17) is 14.2 Å². The topological polar surface area (TPSA) is 102 Å². The van der Waals surface area contributed by atoms with E-state index < -0.39 is 6.09 Å². The van der Waals surface area contributed by atoms with E-state index in [1.807, 2.05) is 44.1 Å². The zero-order valence-corrected chi connectivity index (χ0v) is 24.4. The Labute approximate surface area is 245 Å². The van der Waals surface area contributed by atoms with Crippen molar-refractivity contribution in [2.75, 3.05) is 41.4 Å². The molecule has 1 aromatic heterocycles. The lowest BCUT2D eigenvalue weighted by Crippen LogP contribution is -2.33. The van der Waals surface area contributed by atoms with Crippen molar-refractivity contribution in [3.63, 3.8) is 0 Å². The Morgan fingerprint density at radius 1 is 1.02 bits per heavy atom. The van der Waals surface area contributed by atoms with Crippen molar-refractivity contribution < 1.29 is 28.2 Å². The van der Waals surface area contributed by atoms with Crippen LogP contribution in [0.5, 0.6) is 17.2 Å². The molecule has 0 saturated carbocycles. The lowest BCUT2D eigenvalue weighted by molar-refractivity contribution is -0.120. The summed E-state index contributed by atoms with van der Waals surface area (Å²) in [6, 6.07) is 11.7. The van der Waals surface area contributed by atoms with E-state index in [0.717, 1.165) is 27.8 Å². The minimum absolute atomic E-state index is 0.0856. The van der Waals surface area contributed by atoms with Crippen LogP contribution in [0.25, 0.3) is 17.2 Å². The molecule has 1 aliphatic rings. The number of hydrogen-bond donors (Lipinski definition) is 2. The van der Waals surface area contributed by atoms with Crippen LogP contribution in [0.1, 0.15) is 35.6 Å². The van der Waals surface area contributed by atoms with E-state index >= 15 is 0 Å². The molecule has 0 radical (unpaired) electrons. The molecule has 2 aromatic carbocycles. The van der Waals surface area contributed by atoms with Gasteiger partial charge in [0.15, 0.2) is 11.5 Å². The van der Waals surface area contributed by atoms with E-state index in [9.17, 15) is 14.0 Å². The van der Waals surface area contributed by atoms with Gasteiger partial charge in [0.25, 0.3) is 0 Å². The van der Waals surface area contributed by atoms with E-state index in [1.54, 1.807) is 30.6 Å². The molecule has 0 spiro atoms. The summed E-state index contributed by atoms with van der Waals surface area (Å²) in [6.07, 6.45) is 4.74. The van der Waals surface area contributed by atoms with Crippen molar-refractivity contribution in [3.05, 3.63) is 88.5 Å². The number of nitrogens with zero attached hydrogens (tertiary/aromatic N) is 2. The van der Waals surface area contributed by atoms with Crippen LogP contribution < -0.4 is 24.8 Å². The second-order valence-electron chi connectivity index (χ2n) is 10.0. The number of nitrogens with one attached hydrogen (secondary N) is 2. The van der Waals surface area contributed by atoms with Gasteiger partial charge in [0.1, 0.15) is 5.82 Å². The van der Waals surface area contributed by atoms with E-state index in [0.29, 0.717) is 42.3 Å². The number of pyridine rings is 1. The lowest BCUT2D eigenvalue weighted by atomic mass is 10.00. The van der Waals surface area contributed by atoms with Crippen LogP contribution in [0.15, 0.2) is 60.4 Å². The quantitative estimate of drug-likeness (QED) is 0.335. The standard InChI is InChI=1S/C32H35FN4O5/c1-20-25(13-22-14-28(40-4)31(29(15-22)41-5)42-32(39)35-11-12-37(2)3)24-9-8-23(33)16-27(24)26(20)17-30(38)36-19-21-7-6-10-34-18-21/h6-10,13-16,18H,11-12,17,19H2,1-5H3,(H,35,39)(H,36,38)/b25-13-. The minimum atomic E-state index is -0.628. The summed E-state index contributed by atoms with van der Waals surface area (Å²) in [6.45, 7) is 3.33. The number of aromatic nitrogens is 1. The van der Waals surface area contributed by atoms with Crippen LogP contribution in [0.4, 0.5) is 9.18 Å². The molecule has 4 rings (SSSR count). The van der Waals surface area contributed by atoms with E-state index in [1.165, 1.54) is 26.4 Å². The predicted molar refractivity (Wildman–Crippen MR) is 160 cm³/mol. The molecule has 0 fully saturated rings. The van der Waals surface area contributed by atoms with Gasteiger partial charge >= 0.3 is 6.09 Å². The molecule has 1 aliphatic carbocycles. The van der Waals surface area contributed by atoms with Crippen molar-refractivity contribution in [2.45, 2.75) is 19.9 Å². The number of amides is 2. The summed E-state index contributed by atoms with van der Waals surface area (Å²) in [5.74, 6) is 0.190. The Hall–Kier alpha value is -4.70. The molecule has 2 amide bonds. The highest BCUT2D eigenvalue weighted by atomic mass is 19.1. The minimum Gasteiger partial charge on any atom is -0.493 e. The zero-order valence-electron chi connectivity index (χ0n) is 24.4. The second kappa shape index (κ2) is 13.8. The summed E-state index contributed by atoms with van der Waals surface area (Å²) >= 11 is 0. The number of carbonyl (C=O) groups is 2. The maximum absolute atomic E-state index is 14.4. The van der Waals surface area contributed by atoms with Gasteiger partial charge in [-0.15, -0.1) is 0 Å². The number of likely N-dealkylation sites (N-methyl/N-ethyl adjacent to an activating group) is 1. The third-order valence-corrected chi connectivity index (χ3v) is 6.82. The maximum Gasteiger partial charge on any atom is 0.412 e. The van der Waals surface area contributed by atoms with Gasteiger partial charge in [-0.1, -0.05) is 12.1 Å². The summed E-state index contributed by atoms with van der Waals surface area (Å²) in [5.41, 5.74) is 5.50. The molecule has 0 unspecified atom stereocenters. The van der Waals surface area contributed by atoms with Gasteiger partial charge < -0.3 is 29.7 Å². The van der Waals surface area contributed by atoms with Crippen molar-refractivity contribution in [2.24, 2.45) is 0 Å². The SMILES string of the molecule is COc1cc(/C=C2/C(C)=C(CC(=O)NCc3cccnc3)c3cc(F)ccc32)cc(OC)c1OC(=O)NCCN(C)C. The molecule has 0 atom stereocenters. The summed E-state index contributed by atoms with van der Waals surface area (Å²) in [7, 11) is 6.77. The number of benzene rings is 2. The molecule has 2 N–H and O–H groups in total. The van der Waals surface area contributed by atoms with Crippen molar-refractivity contribution >= 4 is 29.2 Å². The fourth-order valence-corrected chi connectivity index (χ4v) is 4.67. The number of halogens is 1. The van der Waals surface area contributed by atoms with Gasteiger partial charge in [-0.05, 0) is 96.4 Å². The molecule has 3 aromatic rings. The van der Waals surface area contributed by atoms with Crippen LogP contribution in [0.3, 0.4) is 0 Å². The van der Waals surface area contributed by atoms with Crippen LogP contribution in [-0.4, -0.2) is 63.3 Å². The van der Waals surface area contributed by atoms with Gasteiger partial charge in [0.2, 0.25) is 11.7 Å². The molecule has 10 heteroatoms.